The number of carbonyl (C=O) groups excluding carboxylic acids is 2. The Morgan fingerprint density at radius 1 is 1.02 bits per heavy atom. The van der Waals surface area contributed by atoms with Gasteiger partial charge in [0, 0.05) is 29.6 Å². The van der Waals surface area contributed by atoms with Gasteiger partial charge in [-0.2, -0.15) is 13.2 Å². The largest absolute Gasteiger partial charge is 0.416 e. The predicted octanol–water partition coefficient (Wildman–Crippen LogP) is 5.62. The lowest BCUT2D eigenvalue weighted by Crippen LogP contribution is -2.43. The van der Waals surface area contributed by atoms with Crippen molar-refractivity contribution in [1.29, 1.82) is 0 Å². The minimum Gasteiger partial charge on any atom is -0.416 e. The van der Waals surface area contributed by atoms with Gasteiger partial charge in [0.15, 0.2) is 5.13 Å². The molecule has 0 amide bonds. The van der Waals surface area contributed by atoms with Crippen LogP contribution in [0, 0.1) is 0 Å². The SMILES string of the molecule is O=C1CCC(=O)OC2(CNCCc3c2ccc(Cl)c3NCc2ccc(-c3csc(NCCC(F)(F)F)n3)cc2)O1. The van der Waals surface area contributed by atoms with E-state index in [2.05, 4.69) is 20.9 Å². The van der Waals surface area contributed by atoms with Crippen LogP contribution >= 0.6 is 22.9 Å². The Morgan fingerprint density at radius 3 is 2.45 bits per heavy atom. The Bertz CT molecular complexity index is 1380. The Labute approximate surface area is 237 Å². The quantitative estimate of drug-likeness (QED) is 0.303. The molecule has 0 bridgehead atoms. The number of anilines is 2. The van der Waals surface area contributed by atoms with Gasteiger partial charge < -0.3 is 25.4 Å². The monoisotopic (exact) mass is 594 g/mol. The summed E-state index contributed by atoms with van der Waals surface area (Å²) in [6, 6.07) is 11.0. The van der Waals surface area contributed by atoms with Crippen LogP contribution in [0.4, 0.5) is 24.0 Å². The van der Waals surface area contributed by atoms with E-state index in [1.54, 1.807) is 17.5 Å². The topological polar surface area (TPSA) is 102 Å². The average molecular weight is 595 g/mol. The lowest BCUT2D eigenvalue weighted by atomic mass is 9.96. The summed E-state index contributed by atoms with van der Waals surface area (Å²) in [6.45, 7) is 0.900. The van der Waals surface area contributed by atoms with E-state index in [0.717, 1.165) is 16.7 Å². The predicted molar refractivity (Wildman–Crippen MR) is 145 cm³/mol. The molecule has 1 spiro atoms. The van der Waals surface area contributed by atoms with Crippen LogP contribution in [0.15, 0.2) is 41.8 Å². The van der Waals surface area contributed by atoms with E-state index >= 15 is 0 Å². The third-order valence-electron chi connectivity index (χ3n) is 6.58. The Kier molecular flexibility index (Phi) is 8.20. The molecule has 0 saturated carbocycles. The van der Waals surface area contributed by atoms with E-state index in [1.807, 2.05) is 24.3 Å². The van der Waals surface area contributed by atoms with Gasteiger partial charge in [-0.25, -0.2) is 4.98 Å². The fourth-order valence-corrected chi connectivity index (χ4v) is 5.64. The number of carbonyl (C=O) groups is 2. The van der Waals surface area contributed by atoms with Crippen molar-refractivity contribution in [2.45, 2.75) is 44.2 Å². The van der Waals surface area contributed by atoms with Crippen LogP contribution in [0.25, 0.3) is 11.3 Å². The third kappa shape index (κ3) is 6.51. The van der Waals surface area contributed by atoms with Crippen LogP contribution < -0.4 is 16.0 Å². The van der Waals surface area contributed by atoms with Crippen molar-refractivity contribution in [1.82, 2.24) is 10.3 Å². The first-order valence-electron chi connectivity index (χ1n) is 12.7. The third-order valence-corrected chi connectivity index (χ3v) is 7.70. The van der Waals surface area contributed by atoms with Crippen molar-refractivity contribution >= 4 is 45.7 Å². The molecule has 2 aliphatic heterocycles. The molecule has 8 nitrogen and oxygen atoms in total. The number of rotatable bonds is 7. The Hall–Kier alpha value is -3.35. The van der Waals surface area contributed by atoms with Gasteiger partial charge in [-0.3, -0.25) is 9.59 Å². The Balaban J connectivity index is 1.30. The summed E-state index contributed by atoms with van der Waals surface area (Å²) in [4.78, 5) is 29.0. The number of halogens is 4. The zero-order chi connectivity index (χ0) is 28.3. The van der Waals surface area contributed by atoms with E-state index in [1.165, 1.54) is 11.3 Å². The fraction of sp³-hybridized carbons (Fsp3) is 0.370. The summed E-state index contributed by atoms with van der Waals surface area (Å²) in [6.07, 6.45) is -4.65. The zero-order valence-electron chi connectivity index (χ0n) is 21.2. The molecule has 13 heteroatoms. The molecular formula is C27H26ClF3N4O4S. The van der Waals surface area contributed by atoms with Gasteiger partial charge in [-0.15, -0.1) is 11.3 Å². The lowest BCUT2D eigenvalue weighted by Gasteiger charge is -2.32. The number of aromatic nitrogens is 1. The Morgan fingerprint density at radius 2 is 1.75 bits per heavy atom. The number of fused-ring (bicyclic) bond motifs is 2. The second-order valence-electron chi connectivity index (χ2n) is 9.46. The van der Waals surface area contributed by atoms with Crippen LogP contribution in [0.3, 0.4) is 0 Å². The van der Waals surface area contributed by atoms with Crippen LogP contribution in [0.1, 0.15) is 36.0 Å². The average Bonchev–Trinajstić information content (AvgIpc) is 3.23. The van der Waals surface area contributed by atoms with Crippen molar-refractivity contribution in [2.24, 2.45) is 0 Å². The molecule has 212 valence electrons. The standard InChI is InChI=1S/C27H26ClF3N4O4S/c28-20-6-5-19-18(9-11-32-15-26(19)38-22(36)7-8-23(37)39-26)24(20)34-13-16-1-3-17(4-2-16)21-14-40-25(35-21)33-12-10-27(29,30)31/h1-6,14,32,34H,7-13,15H2,(H,33,35). The molecule has 1 fully saturated rings. The minimum atomic E-state index is -4.22. The number of nitrogens with one attached hydrogen (secondary N) is 3. The lowest BCUT2D eigenvalue weighted by molar-refractivity contribution is -0.225. The summed E-state index contributed by atoms with van der Waals surface area (Å²) in [5.41, 5.74) is 4.49. The van der Waals surface area contributed by atoms with E-state index in [-0.39, 0.29) is 25.9 Å². The summed E-state index contributed by atoms with van der Waals surface area (Å²) >= 11 is 7.84. The number of alkyl halides is 3. The smallest absolute Gasteiger partial charge is 0.390 e. The van der Waals surface area contributed by atoms with Gasteiger partial charge in [0.05, 0.1) is 42.2 Å². The van der Waals surface area contributed by atoms with Crippen molar-refractivity contribution in [3.05, 3.63) is 63.5 Å². The normalized spacial score (nSPS) is 16.9. The van der Waals surface area contributed by atoms with Gasteiger partial charge in [0.1, 0.15) is 0 Å². The molecule has 2 aromatic carbocycles. The number of nitrogens with zero attached hydrogens (tertiary/aromatic N) is 1. The summed E-state index contributed by atoms with van der Waals surface area (Å²) in [5.74, 6) is -2.57. The molecule has 3 aromatic rings. The highest BCUT2D eigenvalue weighted by Gasteiger charge is 2.46. The van der Waals surface area contributed by atoms with Gasteiger partial charge in [0.25, 0.3) is 5.79 Å². The van der Waals surface area contributed by atoms with Crippen LogP contribution in [0.5, 0.6) is 0 Å². The molecule has 5 rings (SSSR count). The number of benzene rings is 2. The highest BCUT2D eigenvalue weighted by atomic mass is 35.5. The number of hydrogen-bond acceptors (Lipinski definition) is 9. The molecule has 1 saturated heterocycles. The van der Waals surface area contributed by atoms with E-state index in [9.17, 15) is 22.8 Å². The summed E-state index contributed by atoms with van der Waals surface area (Å²) in [7, 11) is 0. The molecule has 3 heterocycles. The maximum Gasteiger partial charge on any atom is 0.390 e. The van der Waals surface area contributed by atoms with Crippen LogP contribution in [-0.4, -0.2) is 42.7 Å². The van der Waals surface area contributed by atoms with Gasteiger partial charge >= 0.3 is 18.1 Å². The molecule has 1 aromatic heterocycles. The van der Waals surface area contributed by atoms with Crippen molar-refractivity contribution < 1.29 is 32.2 Å². The molecular weight excluding hydrogens is 569 g/mol. The van der Waals surface area contributed by atoms with Crippen molar-refractivity contribution in [3.8, 4) is 11.3 Å². The number of hydrogen-bond donors (Lipinski definition) is 3. The van der Waals surface area contributed by atoms with Gasteiger partial charge in [-0.05, 0) is 36.2 Å². The molecule has 0 radical (unpaired) electrons. The highest BCUT2D eigenvalue weighted by molar-refractivity contribution is 7.14. The number of ether oxygens (including phenoxy) is 2. The molecule has 2 aliphatic rings. The van der Waals surface area contributed by atoms with Gasteiger partial charge in [0.2, 0.25) is 0 Å². The van der Waals surface area contributed by atoms with E-state index in [4.69, 9.17) is 21.1 Å². The molecule has 0 unspecified atom stereocenters. The van der Waals surface area contributed by atoms with Gasteiger partial charge in [-0.1, -0.05) is 35.9 Å². The van der Waals surface area contributed by atoms with E-state index in [0.29, 0.717) is 46.6 Å². The first-order valence-corrected chi connectivity index (χ1v) is 13.9. The summed E-state index contributed by atoms with van der Waals surface area (Å²) in [5, 5.41) is 12.0. The fourth-order valence-electron chi connectivity index (χ4n) is 4.65. The number of thiazole rings is 1. The molecule has 40 heavy (non-hydrogen) atoms. The zero-order valence-corrected chi connectivity index (χ0v) is 22.8. The second-order valence-corrected chi connectivity index (χ2v) is 10.7. The maximum absolute atomic E-state index is 12.4. The number of esters is 2. The first kappa shape index (κ1) is 28.2. The maximum atomic E-state index is 12.4. The molecule has 3 N–H and O–H groups in total. The van der Waals surface area contributed by atoms with E-state index < -0.39 is 30.3 Å². The molecule has 0 atom stereocenters. The van der Waals surface area contributed by atoms with Crippen molar-refractivity contribution in [2.75, 3.05) is 30.3 Å². The molecule has 0 aliphatic carbocycles. The summed E-state index contributed by atoms with van der Waals surface area (Å²) < 4.78 is 48.5. The van der Waals surface area contributed by atoms with Crippen LogP contribution in [-0.2, 0) is 37.8 Å². The first-order chi connectivity index (χ1) is 19.1. The van der Waals surface area contributed by atoms with Crippen molar-refractivity contribution in [3.63, 3.8) is 0 Å². The second kappa shape index (κ2) is 11.6. The highest BCUT2D eigenvalue weighted by Crippen LogP contribution is 2.40. The minimum absolute atomic E-state index is 0.0403. The van der Waals surface area contributed by atoms with Crippen LogP contribution in [0.2, 0.25) is 5.02 Å².